The third kappa shape index (κ3) is 3.98. The van der Waals surface area contributed by atoms with Crippen LogP contribution in [0, 0.1) is 0 Å². The number of ether oxygens (including phenoxy) is 1. The number of nitrogens with one attached hydrogen (secondary N) is 1. The molecule has 0 spiro atoms. The SMILES string of the molecule is CCCC(=O)N[C@H](c1ccc(OC)cc1)c1cc(Cl)c2cccnc2c1O. The van der Waals surface area contributed by atoms with E-state index < -0.39 is 6.04 Å². The average Bonchev–Trinajstić information content (AvgIpc) is 2.69. The highest BCUT2D eigenvalue weighted by molar-refractivity contribution is 6.35. The number of phenolic OH excluding ortho intramolecular Hbond substituents is 1. The number of pyridine rings is 1. The minimum atomic E-state index is -0.557. The van der Waals surface area contributed by atoms with Crippen molar-refractivity contribution in [3.8, 4) is 11.5 Å². The molecule has 2 N–H and O–H groups in total. The molecule has 3 rings (SSSR count). The van der Waals surface area contributed by atoms with Gasteiger partial charge in [-0.25, -0.2) is 0 Å². The second-order valence-electron chi connectivity index (χ2n) is 6.22. The highest BCUT2D eigenvalue weighted by atomic mass is 35.5. The highest BCUT2D eigenvalue weighted by Crippen LogP contribution is 2.38. The monoisotopic (exact) mass is 384 g/mol. The molecular weight excluding hydrogens is 364 g/mol. The van der Waals surface area contributed by atoms with Crippen molar-refractivity contribution in [3.05, 3.63) is 64.8 Å². The van der Waals surface area contributed by atoms with Gasteiger partial charge in [-0.3, -0.25) is 9.78 Å². The molecule has 1 heterocycles. The number of aromatic nitrogens is 1. The number of carbonyl (C=O) groups is 1. The van der Waals surface area contributed by atoms with Crippen LogP contribution in [-0.2, 0) is 4.79 Å². The van der Waals surface area contributed by atoms with Gasteiger partial charge in [0, 0.05) is 23.6 Å². The lowest BCUT2D eigenvalue weighted by Gasteiger charge is -2.22. The molecule has 6 heteroatoms. The maximum atomic E-state index is 12.3. The molecular formula is C21H21ClN2O3. The molecule has 0 bridgehead atoms. The van der Waals surface area contributed by atoms with Crippen LogP contribution in [0.25, 0.3) is 10.9 Å². The molecule has 0 saturated carbocycles. The Hall–Kier alpha value is -2.79. The van der Waals surface area contributed by atoms with Crippen molar-refractivity contribution >= 4 is 28.4 Å². The maximum absolute atomic E-state index is 12.3. The normalized spacial score (nSPS) is 12.0. The van der Waals surface area contributed by atoms with Crippen LogP contribution in [0.4, 0.5) is 0 Å². The summed E-state index contributed by atoms with van der Waals surface area (Å²) in [5, 5.41) is 15.0. The Balaban J connectivity index is 2.13. The summed E-state index contributed by atoms with van der Waals surface area (Å²) in [6.07, 6.45) is 2.72. The molecule has 5 nitrogen and oxygen atoms in total. The Morgan fingerprint density at radius 1 is 1.30 bits per heavy atom. The minimum Gasteiger partial charge on any atom is -0.505 e. The zero-order chi connectivity index (χ0) is 19.4. The molecule has 2 aromatic carbocycles. The summed E-state index contributed by atoms with van der Waals surface area (Å²) < 4.78 is 5.21. The number of halogens is 1. The van der Waals surface area contributed by atoms with Gasteiger partial charge in [0.05, 0.1) is 18.2 Å². The van der Waals surface area contributed by atoms with Crippen molar-refractivity contribution in [2.75, 3.05) is 7.11 Å². The Labute approximate surface area is 163 Å². The molecule has 0 unspecified atom stereocenters. The fourth-order valence-corrected chi connectivity index (χ4v) is 3.29. The molecule has 0 aliphatic rings. The summed E-state index contributed by atoms with van der Waals surface area (Å²) >= 11 is 6.43. The minimum absolute atomic E-state index is 0.00705. The number of carbonyl (C=O) groups excluding carboxylic acids is 1. The maximum Gasteiger partial charge on any atom is 0.220 e. The summed E-state index contributed by atoms with van der Waals surface area (Å²) in [4.78, 5) is 16.6. The van der Waals surface area contributed by atoms with Gasteiger partial charge in [-0.1, -0.05) is 30.7 Å². The molecule has 0 aliphatic carbocycles. The summed E-state index contributed by atoms with van der Waals surface area (Å²) in [7, 11) is 1.59. The molecule has 0 radical (unpaired) electrons. The molecule has 27 heavy (non-hydrogen) atoms. The second kappa shape index (κ2) is 8.27. The van der Waals surface area contributed by atoms with E-state index >= 15 is 0 Å². The summed E-state index contributed by atoms with van der Waals surface area (Å²) in [5.74, 6) is 0.613. The number of phenols is 1. The molecule has 0 saturated heterocycles. The Morgan fingerprint density at radius 3 is 2.70 bits per heavy atom. The van der Waals surface area contributed by atoms with Crippen LogP contribution in [0.2, 0.25) is 5.02 Å². The van der Waals surface area contributed by atoms with Gasteiger partial charge in [-0.05, 0) is 42.3 Å². The number of aromatic hydroxyl groups is 1. The van der Waals surface area contributed by atoms with Crippen molar-refractivity contribution in [1.29, 1.82) is 0 Å². The molecule has 140 valence electrons. The summed E-state index contributed by atoms with van der Waals surface area (Å²) in [5.41, 5.74) is 1.71. The van der Waals surface area contributed by atoms with Crippen molar-refractivity contribution in [3.63, 3.8) is 0 Å². The first-order chi connectivity index (χ1) is 13.0. The van der Waals surface area contributed by atoms with E-state index in [1.54, 1.807) is 31.5 Å². The highest BCUT2D eigenvalue weighted by Gasteiger charge is 2.23. The second-order valence-corrected chi connectivity index (χ2v) is 6.63. The number of rotatable bonds is 6. The predicted octanol–water partition coefficient (Wildman–Crippen LogP) is 4.61. The first-order valence-corrected chi connectivity index (χ1v) is 9.12. The first-order valence-electron chi connectivity index (χ1n) is 8.74. The fraction of sp³-hybridized carbons (Fsp3) is 0.238. The number of benzene rings is 2. The average molecular weight is 385 g/mol. The summed E-state index contributed by atoms with van der Waals surface area (Å²) in [6, 6.07) is 12.0. The van der Waals surface area contributed by atoms with Crippen molar-refractivity contribution in [2.24, 2.45) is 0 Å². The molecule has 1 atom stereocenters. The van der Waals surface area contributed by atoms with Crippen LogP contribution in [-0.4, -0.2) is 23.1 Å². The van der Waals surface area contributed by atoms with Crippen molar-refractivity contribution in [1.82, 2.24) is 10.3 Å². The number of nitrogens with zero attached hydrogens (tertiary/aromatic N) is 1. The quantitative estimate of drug-likeness (QED) is 0.651. The molecule has 3 aromatic rings. The summed E-state index contributed by atoms with van der Waals surface area (Å²) in [6.45, 7) is 1.94. The molecule has 0 fully saturated rings. The zero-order valence-electron chi connectivity index (χ0n) is 15.2. The molecule has 1 amide bonds. The topological polar surface area (TPSA) is 71.5 Å². The van der Waals surface area contributed by atoms with Gasteiger partial charge >= 0.3 is 0 Å². The van der Waals surface area contributed by atoms with E-state index in [9.17, 15) is 9.90 Å². The number of hydrogen-bond donors (Lipinski definition) is 2. The van der Waals surface area contributed by atoms with E-state index in [1.807, 2.05) is 31.2 Å². The third-order valence-electron chi connectivity index (χ3n) is 4.39. The van der Waals surface area contributed by atoms with Gasteiger partial charge in [0.25, 0.3) is 0 Å². The predicted molar refractivity (Wildman–Crippen MR) is 106 cm³/mol. The van der Waals surface area contributed by atoms with E-state index in [1.165, 1.54) is 0 Å². The molecule has 1 aromatic heterocycles. The third-order valence-corrected chi connectivity index (χ3v) is 4.70. The number of amides is 1. The van der Waals surface area contributed by atoms with Crippen LogP contribution >= 0.6 is 11.6 Å². The Morgan fingerprint density at radius 2 is 2.04 bits per heavy atom. The fourth-order valence-electron chi connectivity index (χ4n) is 3.02. The van der Waals surface area contributed by atoms with E-state index in [4.69, 9.17) is 16.3 Å². The van der Waals surface area contributed by atoms with Gasteiger partial charge in [-0.2, -0.15) is 0 Å². The van der Waals surface area contributed by atoms with E-state index in [0.717, 1.165) is 12.0 Å². The van der Waals surface area contributed by atoms with Gasteiger partial charge in [-0.15, -0.1) is 0 Å². The lowest BCUT2D eigenvalue weighted by molar-refractivity contribution is -0.121. The first kappa shape index (κ1) is 19.0. The van der Waals surface area contributed by atoms with Gasteiger partial charge < -0.3 is 15.2 Å². The number of fused-ring (bicyclic) bond motifs is 1. The van der Waals surface area contributed by atoms with Crippen molar-refractivity contribution < 1.29 is 14.6 Å². The zero-order valence-corrected chi connectivity index (χ0v) is 16.0. The Bertz CT molecular complexity index is 958. The van der Waals surface area contributed by atoms with Gasteiger partial charge in [0.1, 0.15) is 17.0 Å². The van der Waals surface area contributed by atoms with Crippen LogP contribution in [0.5, 0.6) is 11.5 Å². The van der Waals surface area contributed by atoms with Crippen LogP contribution < -0.4 is 10.1 Å². The smallest absolute Gasteiger partial charge is 0.220 e. The van der Waals surface area contributed by atoms with Gasteiger partial charge in [0.15, 0.2) is 0 Å². The van der Waals surface area contributed by atoms with Crippen LogP contribution in [0.3, 0.4) is 0 Å². The van der Waals surface area contributed by atoms with Crippen LogP contribution in [0.1, 0.15) is 36.9 Å². The van der Waals surface area contributed by atoms with E-state index in [2.05, 4.69) is 10.3 Å². The van der Waals surface area contributed by atoms with E-state index in [-0.39, 0.29) is 11.7 Å². The lowest BCUT2D eigenvalue weighted by Crippen LogP contribution is -2.29. The van der Waals surface area contributed by atoms with E-state index in [0.29, 0.717) is 33.7 Å². The number of methoxy groups -OCH3 is 1. The molecule has 0 aliphatic heterocycles. The largest absolute Gasteiger partial charge is 0.505 e. The standard InChI is InChI=1S/C21H21ClN2O3/c1-3-5-18(25)24-19(13-7-9-14(27-2)10-8-13)16-12-17(22)15-6-4-11-23-20(15)21(16)26/h4,6-12,19,26H,3,5H2,1-2H3,(H,24,25)/t19-/m1/s1. The van der Waals surface area contributed by atoms with Crippen LogP contribution in [0.15, 0.2) is 48.7 Å². The number of hydrogen-bond acceptors (Lipinski definition) is 4. The van der Waals surface area contributed by atoms with Gasteiger partial charge in [0.2, 0.25) is 5.91 Å². The van der Waals surface area contributed by atoms with Crippen molar-refractivity contribution in [2.45, 2.75) is 25.8 Å². The Kier molecular flexibility index (Phi) is 5.81. The lowest BCUT2D eigenvalue weighted by atomic mass is 9.96.